The molecule has 0 radical (unpaired) electrons. The summed E-state index contributed by atoms with van der Waals surface area (Å²) in [5, 5.41) is 0. The van der Waals surface area contributed by atoms with Crippen molar-refractivity contribution in [2.45, 2.75) is 67.8 Å². The molecule has 17 heavy (non-hydrogen) atoms. The summed E-state index contributed by atoms with van der Waals surface area (Å²) in [6.45, 7) is 19.3. The van der Waals surface area contributed by atoms with Crippen molar-refractivity contribution < 1.29 is 20.3 Å². The predicted octanol–water partition coefficient (Wildman–Crippen LogP) is 6.11. The Balaban J connectivity index is 3.42. The Morgan fingerprint density at radius 1 is 0.824 bits per heavy atom. The first-order chi connectivity index (χ1) is 7.78. The van der Waals surface area contributed by atoms with Crippen molar-refractivity contribution in [2.24, 2.45) is 5.41 Å². The topological polar surface area (TPSA) is 0 Å². The molecule has 0 unspecified atom stereocenters. The third kappa shape index (κ3) is 2.18. The molecule has 1 heteroatoms. The van der Waals surface area contributed by atoms with Crippen molar-refractivity contribution in [3.8, 4) is 0 Å². The van der Waals surface area contributed by atoms with Crippen LogP contribution in [0.2, 0.25) is 12.4 Å². The Labute approximate surface area is 113 Å². The van der Waals surface area contributed by atoms with Crippen molar-refractivity contribution in [3.63, 3.8) is 0 Å². The summed E-state index contributed by atoms with van der Waals surface area (Å²) in [4.78, 5) is 0. The van der Waals surface area contributed by atoms with Gasteiger partial charge in [0, 0.05) is 0 Å². The van der Waals surface area contributed by atoms with Crippen LogP contribution < -0.4 is 0 Å². The zero-order valence-corrected chi connectivity index (χ0v) is 15.6. The quantitative estimate of drug-likeness (QED) is 0.588. The molecule has 1 aliphatic rings. The van der Waals surface area contributed by atoms with Crippen LogP contribution >= 0.6 is 0 Å². The third-order valence-electron chi connectivity index (χ3n) is 5.62. The molecule has 0 saturated carbocycles. The van der Waals surface area contributed by atoms with Gasteiger partial charge in [0.2, 0.25) is 0 Å². The molecule has 1 rings (SSSR count). The number of rotatable bonds is 4. The van der Waals surface area contributed by atoms with Crippen LogP contribution in [-0.2, 0) is 20.3 Å². The monoisotopic (exact) mass is 312 g/mol. The first-order valence-electron chi connectivity index (χ1n) is 7.18. The number of hydrogen-bond donors (Lipinski definition) is 0. The van der Waals surface area contributed by atoms with E-state index in [1.54, 1.807) is 16.7 Å². The second kappa shape index (κ2) is 5.16. The van der Waals surface area contributed by atoms with Gasteiger partial charge < -0.3 is 0 Å². The van der Waals surface area contributed by atoms with Gasteiger partial charge in [-0.3, -0.25) is 0 Å². The molecule has 0 aromatic carbocycles. The van der Waals surface area contributed by atoms with Gasteiger partial charge in [-0.25, -0.2) is 0 Å². The minimum absolute atomic E-state index is 0.353. The maximum absolute atomic E-state index is 2.46. The van der Waals surface area contributed by atoms with E-state index in [-0.39, 0.29) is 0 Å². The molecule has 0 atom stereocenters. The Kier molecular flexibility index (Phi) is 4.68. The van der Waals surface area contributed by atoms with E-state index in [0.717, 1.165) is 0 Å². The summed E-state index contributed by atoms with van der Waals surface area (Å²) in [7, 11) is 0. The van der Waals surface area contributed by atoms with Crippen molar-refractivity contribution in [2.75, 3.05) is 0 Å². The summed E-state index contributed by atoms with van der Waals surface area (Å²) in [6.07, 6.45) is 0. The number of allylic oxidation sites excluding steroid dienone is 4. The van der Waals surface area contributed by atoms with Gasteiger partial charge in [-0.1, -0.05) is 0 Å². The normalized spacial score (nSPS) is 20.5. The number of hydrogen-bond acceptors (Lipinski definition) is 0. The van der Waals surface area contributed by atoms with Crippen LogP contribution in [0.3, 0.4) is 0 Å². The van der Waals surface area contributed by atoms with E-state index in [1.807, 2.05) is 3.28 Å². The molecule has 0 aliphatic heterocycles. The zero-order chi connectivity index (χ0) is 13.4. The van der Waals surface area contributed by atoms with Crippen LogP contribution in [0.4, 0.5) is 0 Å². The molecule has 0 spiro atoms. The predicted molar refractivity (Wildman–Crippen MR) is 76.3 cm³/mol. The fourth-order valence-corrected chi connectivity index (χ4v) is 16.4. The van der Waals surface area contributed by atoms with Crippen LogP contribution in [0.25, 0.3) is 0 Å². The molecule has 0 N–H and O–H groups in total. The van der Waals surface area contributed by atoms with Gasteiger partial charge in [-0.05, 0) is 0 Å². The molecular formula is C16H30Zr. The summed E-state index contributed by atoms with van der Waals surface area (Å²) in [5.74, 6) is 0. The van der Waals surface area contributed by atoms with E-state index in [0.29, 0.717) is 5.41 Å². The van der Waals surface area contributed by atoms with Gasteiger partial charge in [0.1, 0.15) is 0 Å². The molecule has 0 aromatic rings. The molecule has 0 fully saturated rings. The average molecular weight is 314 g/mol. The minimum atomic E-state index is -2.07. The van der Waals surface area contributed by atoms with Crippen LogP contribution in [0.1, 0.15) is 55.4 Å². The van der Waals surface area contributed by atoms with E-state index in [4.69, 9.17) is 0 Å². The van der Waals surface area contributed by atoms with Crippen LogP contribution in [-0.4, -0.2) is 0 Å². The molecule has 0 amide bonds. The van der Waals surface area contributed by atoms with Gasteiger partial charge in [0.05, 0.1) is 0 Å². The third-order valence-corrected chi connectivity index (χ3v) is 20.7. The second-order valence-electron chi connectivity index (χ2n) is 6.22. The van der Waals surface area contributed by atoms with E-state index < -0.39 is 20.3 Å². The average Bonchev–Trinajstić information content (AvgIpc) is 2.46. The van der Waals surface area contributed by atoms with Gasteiger partial charge >= 0.3 is 113 Å². The van der Waals surface area contributed by atoms with Crippen LogP contribution in [0.15, 0.2) is 20.0 Å². The summed E-state index contributed by atoms with van der Waals surface area (Å²) in [5.41, 5.74) is 5.23. The Bertz CT molecular complexity index is 357. The first kappa shape index (κ1) is 15.4. The molecule has 1 aliphatic carbocycles. The van der Waals surface area contributed by atoms with E-state index in [2.05, 4.69) is 55.4 Å². The molecule has 0 heterocycles. The molecule has 0 bridgehead atoms. The fourth-order valence-electron chi connectivity index (χ4n) is 3.93. The maximum atomic E-state index is 2.46. The summed E-state index contributed by atoms with van der Waals surface area (Å²) in [6, 6.07) is 0. The van der Waals surface area contributed by atoms with E-state index in [9.17, 15) is 0 Å². The van der Waals surface area contributed by atoms with Crippen LogP contribution in [0, 0.1) is 5.41 Å². The van der Waals surface area contributed by atoms with E-state index >= 15 is 0 Å². The Morgan fingerprint density at radius 3 is 1.47 bits per heavy atom. The fraction of sp³-hybridized carbons (Fsp3) is 0.750. The molecule has 0 nitrogen and oxygen atoms in total. The Morgan fingerprint density at radius 2 is 1.24 bits per heavy atom. The van der Waals surface area contributed by atoms with Crippen molar-refractivity contribution >= 4 is 0 Å². The first-order valence-corrected chi connectivity index (χ1v) is 13.6. The second-order valence-corrected chi connectivity index (χ2v) is 19.0. The van der Waals surface area contributed by atoms with E-state index in [1.165, 1.54) is 12.4 Å². The van der Waals surface area contributed by atoms with Crippen molar-refractivity contribution in [3.05, 3.63) is 20.0 Å². The molecule has 0 saturated heterocycles. The van der Waals surface area contributed by atoms with Crippen molar-refractivity contribution in [1.82, 2.24) is 0 Å². The van der Waals surface area contributed by atoms with Crippen LogP contribution in [0.5, 0.6) is 0 Å². The summed E-state index contributed by atoms with van der Waals surface area (Å²) >= 11 is -2.07. The zero-order valence-electron chi connectivity index (χ0n) is 13.1. The van der Waals surface area contributed by atoms with Gasteiger partial charge in [0.25, 0.3) is 0 Å². The summed E-state index contributed by atoms with van der Waals surface area (Å²) < 4.78 is 6.34. The molecule has 98 valence electrons. The van der Waals surface area contributed by atoms with Gasteiger partial charge in [-0.15, -0.1) is 0 Å². The van der Waals surface area contributed by atoms with Gasteiger partial charge in [0.15, 0.2) is 0 Å². The molecule has 0 aromatic heterocycles. The van der Waals surface area contributed by atoms with Crippen molar-refractivity contribution in [1.29, 1.82) is 0 Å². The van der Waals surface area contributed by atoms with Gasteiger partial charge in [-0.2, -0.15) is 0 Å². The molecular weight excluding hydrogens is 283 g/mol. The SMILES string of the molecule is C[CH2][Zr]([CH2]C)([CH2]C)[C]1=C(C)C(C)=C(C)C1(C)C. The Hall–Kier alpha value is 0.363. The standard InChI is InChI=1S/C10H15.3C2H5.Zr/c1-7-6-10(4,5)9(3)8(7)2;3*1-2;/h1-5H3;3*1H2,2H3;.